The Balaban J connectivity index is 2.30. The molecular weight excluding hydrogens is 236 g/mol. The summed E-state index contributed by atoms with van der Waals surface area (Å²) in [6.07, 6.45) is 6.91. The first kappa shape index (κ1) is 16.4. The van der Waals surface area contributed by atoms with Crippen LogP contribution in [0.25, 0.3) is 0 Å². The number of nitrogens with one attached hydrogen (secondary N) is 1. The van der Waals surface area contributed by atoms with E-state index >= 15 is 0 Å². The summed E-state index contributed by atoms with van der Waals surface area (Å²) in [5, 5.41) is 3.52. The number of hydrogen-bond acceptors (Lipinski definition) is 3. The van der Waals surface area contributed by atoms with Crippen molar-refractivity contribution in [1.29, 1.82) is 0 Å². The SMILES string of the molecule is C=CCN(CC=C)CC1CCC(CNC(C)(C)C)O1. The molecule has 1 aliphatic heterocycles. The highest BCUT2D eigenvalue weighted by Gasteiger charge is 2.27. The Labute approximate surface area is 118 Å². The molecule has 1 fully saturated rings. The van der Waals surface area contributed by atoms with Crippen LogP contribution >= 0.6 is 0 Å². The lowest BCUT2D eigenvalue weighted by Crippen LogP contribution is -2.41. The molecule has 3 nitrogen and oxygen atoms in total. The molecule has 0 bridgehead atoms. The minimum absolute atomic E-state index is 0.166. The minimum atomic E-state index is 0.166. The molecule has 1 N–H and O–H groups in total. The molecule has 0 spiro atoms. The molecule has 0 amide bonds. The minimum Gasteiger partial charge on any atom is -0.372 e. The van der Waals surface area contributed by atoms with Gasteiger partial charge < -0.3 is 10.1 Å². The second-order valence-corrected chi connectivity index (χ2v) is 6.38. The molecule has 0 aromatic rings. The Morgan fingerprint density at radius 1 is 1.16 bits per heavy atom. The average molecular weight is 266 g/mol. The summed E-state index contributed by atoms with van der Waals surface area (Å²) in [6, 6.07) is 0. The second-order valence-electron chi connectivity index (χ2n) is 6.38. The van der Waals surface area contributed by atoms with Crippen LogP contribution in [-0.2, 0) is 4.74 Å². The molecule has 0 aromatic carbocycles. The molecule has 0 aromatic heterocycles. The molecule has 3 heteroatoms. The van der Waals surface area contributed by atoms with Crippen molar-refractivity contribution in [1.82, 2.24) is 10.2 Å². The zero-order valence-electron chi connectivity index (χ0n) is 12.8. The van der Waals surface area contributed by atoms with Gasteiger partial charge in [-0.1, -0.05) is 12.2 Å². The fraction of sp³-hybridized carbons (Fsp3) is 0.750. The van der Waals surface area contributed by atoms with Gasteiger partial charge >= 0.3 is 0 Å². The van der Waals surface area contributed by atoms with E-state index in [2.05, 4.69) is 44.1 Å². The van der Waals surface area contributed by atoms with Gasteiger partial charge in [0.2, 0.25) is 0 Å². The fourth-order valence-electron chi connectivity index (χ4n) is 2.36. The van der Waals surface area contributed by atoms with Crippen molar-refractivity contribution < 1.29 is 4.74 Å². The number of rotatable bonds is 8. The zero-order chi connectivity index (χ0) is 14.3. The summed E-state index contributed by atoms with van der Waals surface area (Å²) in [5.74, 6) is 0. The molecule has 0 radical (unpaired) electrons. The monoisotopic (exact) mass is 266 g/mol. The highest BCUT2D eigenvalue weighted by atomic mass is 16.5. The van der Waals surface area contributed by atoms with Crippen molar-refractivity contribution in [2.45, 2.75) is 51.4 Å². The summed E-state index contributed by atoms with van der Waals surface area (Å²) in [5.41, 5.74) is 0.166. The van der Waals surface area contributed by atoms with Crippen molar-refractivity contribution in [3.05, 3.63) is 25.3 Å². The van der Waals surface area contributed by atoms with E-state index in [-0.39, 0.29) is 5.54 Å². The van der Waals surface area contributed by atoms with E-state index in [9.17, 15) is 0 Å². The first-order valence-corrected chi connectivity index (χ1v) is 7.29. The normalized spacial score (nSPS) is 23.8. The Bertz CT molecular complexity index is 273. The van der Waals surface area contributed by atoms with Gasteiger partial charge in [-0.15, -0.1) is 13.2 Å². The third kappa shape index (κ3) is 6.90. The molecule has 1 saturated heterocycles. The van der Waals surface area contributed by atoms with Crippen molar-refractivity contribution in [2.24, 2.45) is 0 Å². The van der Waals surface area contributed by atoms with Crippen LogP contribution in [0.15, 0.2) is 25.3 Å². The lowest BCUT2D eigenvalue weighted by molar-refractivity contribution is 0.0247. The van der Waals surface area contributed by atoms with Crippen LogP contribution in [0, 0.1) is 0 Å². The molecule has 2 unspecified atom stereocenters. The number of hydrogen-bond donors (Lipinski definition) is 1. The first-order chi connectivity index (χ1) is 8.94. The average Bonchev–Trinajstić information content (AvgIpc) is 2.74. The van der Waals surface area contributed by atoms with Crippen molar-refractivity contribution in [2.75, 3.05) is 26.2 Å². The molecule has 0 saturated carbocycles. The highest BCUT2D eigenvalue weighted by molar-refractivity contribution is 4.85. The third-order valence-electron chi connectivity index (χ3n) is 3.29. The van der Waals surface area contributed by atoms with Crippen LogP contribution in [0.1, 0.15) is 33.6 Å². The van der Waals surface area contributed by atoms with Crippen molar-refractivity contribution >= 4 is 0 Å². The number of ether oxygens (including phenoxy) is 1. The third-order valence-corrected chi connectivity index (χ3v) is 3.29. The molecule has 1 rings (SSSR count). The molecule has 0 aliphatic carbocycles. The lowest BCUT2D eigenvalue weighted by Gasteiger charge is -2.25. The van der Waals surface area contributed by atoms with Gasteiger partial charge in [-0.2, -0.15) is 0 Å². The smallest absolute Gasteiger partial charge is 0.0707 e. The molecule has 2 atom stereocenters. The largest absolute Gasteiger partial charge is 0.372 e. The van der Waals surface area contributed by atoms with Gasteiger partial charge in [0.1, 0.15) is 0 Å². The van der Waals surface area contributed by atoms with E-state index in [4.69, 9.17) is 4.74 Å². The summed E-state index contributed by atoms with van der Waals surface area (Å²) in [6.45, 7) is 17.9. The van der Waals surface area contributed by atoms with Crippen LogP contribution in [-0.4, -0.2) is 48.8 Å². The van der Waals surface area contributed by atoms with E-state index in [1.54, 1.807) is 0 Å². The highest BCUT2D eigenvalue weighted by Crippen LogP contribution is 2.20. The second kappa shape index (κ2) is 7.83. The van der Waals surface area contributed by atoms with E-state index in [0.29, 0.717) is 12.2 Å². The van der Waals surface area contributed by atoms with Crippen molar-refractivity contribution in [3.8, 4) is 0 Å². The maximum atomic E-state index is 6.11. The Kier molecular flexibility index (Phi) is 6.76. The number of nitrogens with zero attached hydrogens (tertiary/aromatic N) is 1. The molecule has 110 valence electrons. The molecule has 1 aliphatic rings. The van der Waals surface area contributed by atoms with Crippen LogP contribution in [0.3, 0.4) is 0 Å². The first-order valence-electron chi connectivity index (χ1n) is 7.29. The van der Waals surface area contributed by atoms with E-state index in [1.165, 1.54) is 0 Å². The van der Waals surface area contributed by atoms with Gasteiger partial charge in [0.15, 0.2) is 0 Å². The van der Waals surface area contributed by atoms with Gasteiger partial charge in [-0.25, -0.2) is 0 Å². The van der Waals surface area contributed by atoms with Crippen LogP contribution in [0.2, 0.25) is 0 Å². The maximum Gasteiger partial charge on any atom is 0.0707 e. The predicted octanol–water partition coefficient (Wildman–Crippen LogP) is 2.60. The van der Waals surface area contributed by atoms with Crippen LogP contribution in [0.5, 0.6) is 0 Å². The lowest BCUT2D eigenvalue weighted by atomic mass is 10.1. The Morgan fingerprint density at radius 3 is 2.26 bits per heavy atom. The topological polar surface area (TPSA) is 24.5 Å². The summed E-state index contributed by atoms with van der Waals surface area (Å²) in [7, 11) is 0. The Hall–Kier alpha value is -0.640. The van der Waals surface area contributed by atoms with Gasteiger partial charge in [-0.05, 0) is 33.6 Å². The zero-order valence-corrected chi connectivity index (χ0v) is 12.8. The van der Waals surface area contributed by atoms with Gasteiger partial charge in [0.05, 0.1) is 12.2 Å². The van der Waals surface area contributed by atoms with E-state index in [0.717, 1.165) is 39.0 Å². The summed E-state index contributed by atoms with van der Waals surface area (Å²) < 4.78 is 6.11. The quantitative estimate of drug-likeness (QED) is 0.684. The molecular formula is C16H30N2O. The van der Waals surface area contributed by atoms with Crippen LogP contribution in [0.4, 0.5) is 0 Å². The summed E-state index contributed by atoms with van der Waals surface area (Å²) in [4.78, 5) is 2.32. The Morgan fingerprint density at radius 2 is 1.74 bits per heavy atom. The van der Waals surface area contributed by atoms with Gasteiger partial charge in [-0.3, -0.25) is 4.90 Å². The van der Waals surface area contributed by atoms with Crippen LogP contribution < -0.4 is 5.32 Å². The standard InChI is InChI=1S/C16H30N2O/c1-6-10-18(11-7-2)13-15-9-8-14(19-15)12-17-16(3,4)5/h6-7,14-15,17H,1-2,8-13H2,3-5H3. The van der Waals surface area contributed by atoms with Gasteiger partial charge in [0, 0.05) is 31.7 Å². The molecule has 1 heterocycles. The molecule has 19 heavy (non-hydrogen) atoms. The van der Waals surface area contributed by atoms with Gasteiger partial charge in [0.25, 0.3) is 0 Å². The van der Waals surface area contributed by atoms with E-state index in [1.807, 2.05) is 12.2 Å². The predicted molar refractivity (Wildman–Crippen MR) is 82.5 cm³/mol. The van der Waals surface area contributed by atoms with E-state index < -0.39 is 0 Å². The fourth-order valence-corrected chi connectivity index (χ4v) is 2.36. The summed E-state index contributed by atoms with van der Waals surface area (Å²) >= 11 is 0. The maximum absolute atomic E-state index is 6.11. The van der Waals surface area contributed by atoms with Crippen molar-refractivity contribution in [3.63, 3.8) is 0 Å².